The molecule has 2 heterocycles. The Labute approximate surface area is 156 Å². The number of pyridine rings is 1. The number of nitrogens with zero attached hydrogens (tertiary/aromatic N) is 2. The van der Waals surface area contributed by atoms with Gasteiger partial charge in [0.1, 0.15) is 10.7 Å². The fraction of sp³-hybridized carbons (Fsp3) is 0.333. The van der Waals surface area contributed by atoms with Crippen molar-refractivity contribution in [2.75, 3.05) is 13.1 Å². The summed E-state index contributed by atoms with van der Waals surface area (Å²) in [4.78, 5) is 15.7. The van der Waals surface area contributed by atoms with Crippen LogP contribution in [0.4, 0.5) is 8.78 Å². The van der Waals surface area contributed by atoms with Crippen LogP contribution in [0.1, 0.15) is 18.4 Å². The molecule has 1 aliphatic heterocycles. The van der Waals surface area contributed by atoms with Crippen LogP contribution in [0.3, 0.4) is 0 Å². The van der Waals surface area contributed by atoms with Crippen molar-refractivity contribution in [3.63, 3.8) is 0 Å². The van der Waals surface area contributed by atoms with Gasteiger partial charge < -0.3 is 5.32 Å². The Bertz CT molecular complexity index is 924. The van der Waals surface area contributed by atoms with Crippen LogP contribution in [-0.2, 0) is 21.4 Å². The minimum absolute atomic E-state index is 0.0278. The summed E-state index contributed by atoms with van der Waals surface area (Å²) in [7, 11) is -4.23. The van der Waals surface area contributed by atoms with Crippen molar-refractivity contribution >= 4 is 15.9 Å². The molecule has 1 fully saturated rings. The summed E-state index contributed by atoms with van der Waals surface area (Å²) in [6.45, 7) is -0.515. The highest BCUT2D eigenvalue weighted by molar-refractivity contribution is 7.89. The number of carbonyl (C=O) groups excluding carboxylic acids is 1. The lowest BCUT2D eigenvalue weighted by Gasteiger charge is -2.35. The molecule has 6 nitrogen and oxygen atoms in total. The summed E-state index contributed by atoms with van der Waals surface area (Å²) in [5.41, 5.74) is -1.63. The Morgan fingerprint density at radius 2 is 1.93 bits per heavy atom. The third-order valence-electron chi connectivity index (χ3n) is 4.47. The second kappa shape index (κ2) is 7.69. The topological polar surface area (TPSA) is 79.4 Å². The molecule has 1 saturated heterocycles. The van der Waals surface area contributed by atoms with Crippen LogP contribution in [0.2, 0.25) is 0 Å². The van der Waals surface area contributed by atoms with E-state index in [1.165, 1.54) is 12.1 Å². The van der Waals surface area contributed by atoms with Gasteiger partial charge in [0.2, 0.25) is 15.7 Å². The molecule has 0 aliphatic carbocycles. The maximum atomic E-state index is 15.2. The summed E-state index contributed by atoms with van der Waals surface area (Å²) in [5.74, 6) is -1.79. The number of alkyl halides is 1. The fourth-order valence-electron chi connectivity index (χ4n) is 3.00. The zero-order valence-electron chi connectivity index (χ0n) is 14.4. The number of benzene rings is 1. The number of nitrogens with one attached hydrogen (secondary N) is 1. The summed E-state index contributed by atoms with van der Waals surface area (Å²) < 4.78 is 55.3. The number of sulfonamides is 1. The monoisotopic (exact) mass is 395 g/mol. The van der Waals surface area contributed by atoms with E-state index in [4.69, 9.17) is 0 Å². The van der Waals surface area contributed by atoms with E-state index < -0.39 is 38.9 Å². The minimum atomic E-state index is -4.23. The Morgan fingerprint density at radius 1 is 1.22 bits per heavy atom. The van der Waals surface area contributed by atoms with Crippen LogP contribution in [-0.4, -0.2) is 42.4 Å². The molecule has 1 aromatic heterocycles. The molecule has 1 atom stereocenters. The van der Waals surface area contributed by atoms with Crippen molar-refractivity contribution in [1.82, 2.24) is 14.6 Å². The van der Waals surface area contributed by atoms with Crippen molar-refractivity contribution in [1.29, 1.82) is 0 Å². The van der Waals surface area contributed by atoms with Gasteiger partial charge in [-0.25, -0.2) is 17.2 Å². The predicted octanol–water partition coefficient (Wildman–Crippen LogP) is 2.03. The number of amides is 1. The number of aromatic nitrogens is 1. The lowest BCUT2D eigenvalue weighted by molar-refractivity contribution is -0.135. The van der Waals surface area contributed by atoms with Crippen molar-refractivity contribution in [2.45, 2.75) is 30.0 Å². The van der Waals surface area contributed by atoms with E-state index in [-0.39, 0.29) is 25.9 Å². The van der Waals surface area contributed by atoms with Gasteiger partial charge in [-0.1, -0.05) is 12.1 Å². The molecule has 1 N–H and O–H groups in total. The van der Waals surface area contributed by atoms with Crippen LogP contribution in [0.15, 0.2) is 53.7 Å². The Hall–Kier alpha value is -2.39. The molecular weight excluding hydrogens is 376 g/mol. The second-order valence-electron chi connectivity index (χ2n) is 6.38. The number of carbonyl (C=O) groups is 1. The first kappa shape index (κ1) is 19.4. The van der Waals surface area contributed by atoms with Crippen LogP contribution in [0.25, 0.3) is 0 Å². The van der Waals surface area contributed by atoms with Gasteiger partial charge in [-0.15, -0.1) is 0 Å². The SMILES string of the molecule is O=C(NCc1ccncc1)[C@]1(F)CCCN(S(=O)(=O)c2ccccc2F)C1. The first-order valence-electron chi connectivity index (χ1n) is 8.44. The van der Waals surface area contributed by atoms with Gasteiger partial charge in [-0.3, -0.25) is 9.78 Å². The van der Waals surface area contributed by atoms with Gasteiger partial charge in [0.15, 0.2) is 0 Å². The summed E-state index contributed by atoms with van der Waals surface area (Å²) in [6, 6.07) is 8.28. The molecule has 0 saturated carbocycles. The molecule has 1 aromatic carbocycles. The van der Waals surface area contributed by atoms with Gasteiger partial charge in [-0.2, -0.15) is 4.31 Å². The highest BCUT2D eigenvalue weighted by Crippen LogP contribution is 2.30. The van der Waals surface area contributed by atoms with E-state index in [1.807, 2.05) is 0 Å². The molecule has 0 unspecified atom stereocenters. The number of halogens is 2. The zero-order valence-corrected chi connectivity index (χ0v) is 15.3. The quantitative estimate of drug-likeness (QED) is 0.840. The van der Waals surface area contributed by atoms with Crippen LogP contribution in [0.5, 0.6) is 0 Å². The maximum Gasteiger partial charge on any atom is 0.259 e. The molecule has 0 spiro atoms. The second-order valence-corrected chi connectivity index (χ2v) is 8.28. The average Bonchev–Trinajstić information content (AvgIpc) is 2.67. The van der Waals surface area contributed by atoms with Crippen molar-refractivity contribution in [3.05, 3.63) is 60.2 Å². The summed E-state index contributed by atoms with van der Waals surface area (Å²) in [6.07, 6.45) is 3.16. The zero-order chi connectivity index (χ0) is 19.5. The number of hydrogen-bond acceptors (Lipinski definition) is 4. The first-order chi connectivity index (χ1) is 12.8. The summed E-state index contributed by atoms with van der Waals surface area (Å²) >= 11 is 0. The Balaban J connectivity index is 1.74. The lowest BCUT2D eigenvalue weighted by Crippen LogP contribution is -2.55. The van der Waals surface area contributed by atoms with Gasteiger partial charge >= 0.3 is 0 Å². The third-order valence-corrected chi connectivity index (χ3v) is 6.35. The van der Waals surface area contributed by atoms with Gasteiger partial charge in [0.25, 0.3) is 5.91 Å². The maximum absolute atomic E-state index is 15.2. The van der Waals surface area contributed by atoms with E-state index in [0.29, 0.717) is 0 Å². The van der Waals surface area contributed by atoms with Crippen LogP contribution >= 0.6 is 0 Å². The standard InChI is InChI=1S/C18H19F2N3O3S/c19-15-4-1-2-5-16(15)27(25,26)23-11-3-8-18(20,13-23)17(24)22-12-14-6-9-21-10-7-14/h1-2,4-7,9-10H,3,8,11-13H2,(H,22,24)/t18-/m0/s1. The third kappa shape index (κ3) is 4.14. The molecule has 1 amide bonds. The molecule has 1 aliphatic rings. The number of rotatable bonds is 5. The molecule has 0 bridgehead atoms. The van der Waals surface area contributed by atoms with E-state index in [0.717, 1.165) is 22.0 Å². The molecule has 3 rings (SSSR count). The van der Waals surface area contributed by atoms with Crippen molar-refractivity contribution < 1.29 is 22.0 Å². The van der Waals surface area contributed by atoms with E-state index in [2.05, 4.69) is 10.3 Å². The smallest absolute Gasteiger partial charge is 0.259 e. The molecular formula is C18H19F2N3O3S. The first-order valence-corrected chi connectivity index (χ1v) is 9.88. The normalized spacial score (nSPS) is 21.0. The highest BCUT2D eigenvalue weighted by atomic mass is 32.2. The molecule has 2 aromatic rings. The Kier molecular flexibility index (Phi) is 5.52. The van der Waals surface area contributed by atoms with Crippen LogP contribution < -0.4 is 5.32 Å². The van der Waals surface area contributed by atoms with E-state index >= 15 is 4.39 Å². The molecule has 27 heavy (non-hydrogen) atoms. The lowest BCUT2D eigenvalue weighted by atomic mass is 9.95. The van der Waals surface area contributed by atoms with Gasteiger partial charge in [0, 0.05) is 25.5 Å². The Morgan fingerprint density at radius 3 is 2.63 bits per heavy atom. The fourth-order valence-corrected chi connectivity index (χ4v) is 4.59. The summed E-state index contributed by atoms with van der Waals surface area (Å²) in [5, 5.41) is 2.50. The largest absolute Gasteiger partial charge is 0.349 e. The molecule has 9 heteroatoms. The van der Waals surface area contributed by atoms with Gasteiger partial charge in [0.05, 0.1) is 6.54 Å². The van der Waals surface area contributed by atoms with E-state index in [1.54, 1.807) is 24.5 Å². The van der Waals surface area contributed by atoms with Crippen molar-refractivity contribution in [3.8, 4) is 0 Å². The van der Waals surface area contributed by atoms with Gasteiger partial charge in [-0.05, 0) is 42.7 Å². The average molecular weight is 395 g/mol. The van der Waals surface area contributed by atoms with E-state index in [9.17, 15) is 17.6 Å². The number of piperidine rings is 1. The van der Waals surface area contributed by atoms with Crippen LogP contribution in [0, 0.1) is 5.82 Å². The molecule has 0 radical (unpaired) electrons. The molecule has 144 valence electrons. The highest BCUT2D eigenvalue weighted by Gasteiger charge is 2.46. The predicted molar refractivity (Wildman–Crippen MR) is 94.3 cm³/mol. The minimum Gasteiger partial charge on any atom is -0.349 e. The number of hydrogen-bond donors (Lipinski definition) is 1. The van der Waals surface area contributed by atoms with Crippen molar-refractivity contribution in [2.24, 2.45) is 0 Å².